The summed E-state index contributed by atoms with van der Waals surface area (Å²) in [6, 6.07) is 11.1. The number of benzene rings is 2. The zero-order valence-electron chi connectivity index (χ0n) is 20.7. The molecule has 1 aliphatic heterocycles. The number of rotatable bonds is 9. The second-order valence-corrected chi connectivity index (χ2v) is 11.1. The first-order chi connectivity index (χ1) is 17.7. The van der Waals surface area contributed by atoms with Gasteiger partial charge in [0.15, 0.2) is 11.5 Å². The number of piperazine rings is 1. The van der Waals surface area contributed by atoms with E-state index in [-0.39, 0.29) is 11.5 Å². The van der Waals surface area contributed by atoms with Crippen LogP contribution < -0.4 is 20.6 Å². The van der Waals surface area contributed by atoms with Crippen molar-refractivity contribution in [2.24, 2.45) is 5.73 Å². The fourth-order valence-electron chi connectivity index (χ4n) is 4.90. The molecule has 0 spiro atoms. The lowest BCUT2D eigenvalue weighted by atomic mass is 10.1. The first-order valence-electron chi connectivity index (χ1n) is 12.3. The van der Waals surface area contributed by atoms with Crippen LogP contribution in [-0.2, 0) is 16.5 Å². The summed E-state index contributed by atoms with van der Waals surface area (Å²) in [5, 5.41) is 1.87. The van der Waals surface area contributed by atoms with E-state index < -0.39 is 16.0 Å². The fraction of sp³-hybridized carbons (Fsp3) is 0.346. The van der Waals surface area contributed by atoms with Crippen LogP contribution in [0.4, 0.5) is 11.4 Å². The number of furan rings is 1. The third-order valence-corrected chi connectivity index (χ3v) is 7.27. The van der Waals surface area contributed by atoms with Crippen molar-refractivity contribution in [2.45, 2.75) is 19.3 Å². The molecule has 0 saturated carbocycles. The van der Waals surface area contributed by atoms with Crippen molar-refractivity contribution in [1.82, 2.24) is 9.88 Å². The van der Waals surface area contributed by atoms with Crippen LogP contribution in [0.1, 0.15) is 29.0 Å². The van der Waals surface area contributed by atoms with Crippen LogP contribution in [0.5, 0.6) is 5.75 Å². The molecule has 0 unspecified atom stereocenters. The third kappa shape index (κ3) is 5.67. The van der Waals surface area contributed by atoms with Gasteiger partial charge in [-0.05, 0) is 61.7 Å². The molecule has 5 rings (SSSR count). The quantitative estimate of drug-likeness (QED) is 0.172. The summed E-state index contributed by atoms with van der Waals surface area (Å²) in [6.07, 6.45) is 5.97. The van der Waals surface area contributed by atoms with Crippen LogP contribution in [0.25, 0.3) is 21.9 Å². The monoisotopic (exact) mass is 525 g/mol. The van der Waals surface area contributed by atoms with Gasteiger partial charge in [-0.2, -0.15) is 8.42 Å². The van der Waals surface area contributed by atoms with Crippen molar-refractivity contribution >= 4 is 49.3 Å². The molecule has 2 aromatic carbocycles. The molecule has 2 aromatic heterocycles. The maximum absolute atomic E-state index is 11.4. The van der Waals surface area contributed by atoms with Crippen LogP contribution in [0, 0.1) is 0 Å². The average Bonchev–Trinajstić information content (AvgIpc) is 3.45. The van der Waals surface area contributed by atoms with Crippen LogP contribution in [-0.4, -0.2) is 63.2 Å². The number of carbonyl (C=O) groups excluding carboxylic acids is 1. The zero-order chi connectivity index (χ0) is 26.2. The van der Waals surface area contributed by atoms with E-state index in [0.29, 0.717) is 11.3 Å². The van der Waals surface area contributed by atoms with Gasteiger partial charge < -0.3 is 30.0 Å². The normalized spacial score (nSPS) is 15.0. The number of primary amides is 1. The van der Waals surface area contributed by atoms with Crippen molar-refractivity contribution in [3.8, 4) is 5.75 Å². The first kappa shape index (κ1) is 25.0. The van der Waals surface area contributed by atoms with Gasteiger partial charge in [0.25, 0.3) is 5.91 Å². The molecule has 3 heterocycles. The maximum atomic E-state index is 11.4. The maximum Gasteiger partial charge on any atom is 0.306 e. The summed E-state index contributed by atoms with van der Waals surface area (Å²) >= 11 is 0. The molecule has 0 bridgehead atoms. The molecule has 11 heteroatoms. The molecule has 0 radical (unpaired) electrons. The molecule has 4 aromatic rings. The van der Waals surface area contributed by atoms with Gasteiger partial charge in [0, 0.05) is 60.4 Å². The van der Waals surface area contributed by atoms with Crippen molar-refractivity contribution in [2.75, 3.05) is 49.6 Å². The number of aryl methyl sites for hydroxylation is 1. The number of aromatic amines is 1. The highest BCUT2D eigenvalue weighted by molar-refractivity contribution is 7.86. The van der Waals surface area contributed by atoms with Gasteiger partial charge in [-0.15, -0.1) is 0 Å². The number of carbonyl (C=O) groups is 1. The van der Waals surface area contributed by atoms with Crippen molar-refractivity contribution in [3.05, 3.63) is 53.9 Å². The Hall–Kier alpha value is -3.70. The molecule has 1 aliphatic rings. The number of H-pyrrole nitrogens is 1. The molecule has 1 amide bonds. The Bertz CT molecular complexity index is 1550. The van der Waals surface area contributed by atoms with E-state index in [2.05, 4.69) is 14.8 Å². The average molecular weight is 526 g/mol. The third-order valence-electron chi connectivity index (χ3n) is 6.79. The summed E-state index contributed by atoms with van der Waals surface area (Å²) in [7, 11) is -3.64. The summed E-state index contributed by atoms with van der Waals surface area (Å²) in [5.41, 5.74) is 15.4. The molecule has 1 fully saturated rings. The minimum atomic E-state index is -3.64. The lowest BCUT2D eigenvalue weighted by molar-refractivity contribution is 0.0976. The highest BCUT2D eigenvalue weighted by Crippen LogP contribution is 2.31. The molecule has 196 valence electrons. The summed E-state index contributed by atoms with van der Waals surface area (Å²) < 4.78 is 33.4. The van der Waals surface area contributed by atoms with Gasteiger partial charge in [-0.25, -0.2) is 0 Å². The Morgan fingerprint density at radius 2 is 1.89 bits per heavy atom. The number of fused-ring (bicyclic) bond motifs is 2. The zero-order valence-corrected chi connectivity index (χ0v) is 21.5. The minimum Gasteiger partial charge on any atom is -0.451 e. The number of anilines is 2. The first-order valence-corrected chi connectivity index (χ1v) is 14.1. The highest BCUT2D eigenvalue weighted by atomic mass is 32.2. The molecule has 0 atom stereocenters. The number of unbranched alkanes of at least 4 members (excludes halogenated alkanes) is 1. The predicted octanol–water partition coefficient (Wildman–Crippen LogP) is 3.08. The molecule has 0 aliphatic carbocycles. The number of nitrogens with zero attached hydrogens (tertiary/aromatic N) is 2. The van der Waals surface area contributed by atoms with E-state index in [1.54, 1.807) is 18.2 Å². The smallest absolute Gasteiger partial charge is 0.306 e. The molecule has 1 saturated heterocycles. The SMILES string of the molecule is CS(=O)(=O)Oc1cc2[nH]cc(CCCCN3CCN(c4ccc5oc(C(N)=O)cc5c4)CC3)c2cc1N. The number of nitrogen functional groups attached to an aromatic ring is 1. The predicted molar refractivity (Wildman–Crippen MR) is 145 cm³/mol. The van der Waals surface area contributed by atoms with E-state index in [0.717, 1.165) is 85.8 Å². The van der Waals surface area contributed by atoms with Crippen LogP contribution in [0.3, 0.4) is 0 Å². The number of nitrogens with two attached hydrogens (primary N) is 2. The molecule has 10 nitrogen and oxygen atoms in total. The fourth-order valence-corrected chi connectivity index (χ4v) is 5.37. The van der Waals surface area contributed by atoms with Crippen LogP contribution in [0.15, 0.2) is 47.0 Å². The Kier molecular flexibility index (Phi) is 6.74. The Morgan fingerprint density at radius 3 is 2.62 bits per heavy atom. The van der Waals surface area contributed by atoms with E-state index in [1.165, 1.54) is 0 Å². The number of hydrogen-bond donors (Lipinski definition) is 3. The van der Waals surface area contributed by atoms with Gasteiger partial charge >= 0.3 is 10.1 Å². The molecular formula is C26H31N5O5S. The lowest BCUT2D eigenvalue weighted by Gasteiger charge is -2.36. The largest absolute Gasteiger partial charge is 0.451 e. The summed E-state index contributed by atoms with van der Waals surface area (Å²) in [4.78, 5) is 19.4. The molecule has 5 N–H and O–H groups in total. The number of hydrogen-bond acceptors (Lipinski definition) is 8. The van der Waals surface area contributed by atoms with Gasteiger partial charge in [-0.1, -0.05) is 0 Å². The van der Waals surface area contributed by atoms with E-state index >= 15 is 0 Å². The Balaban J connectivity index is 1.11. The second kappa shape index (κ2) is 9.98. The van der Waals surface area contributed by atoms with Crippen LogP contribution >= 0.6 is 0 Å². The number of nitrogens with one attached hydrogen (secondary N) is 1. The number of aromatic nitrogens is 1. The number of amides is 1. The Morgan fingerprint density at radius 1 is 1.11 bits per heavy atom. The van der Waals surface area contributed by atoms with Gasteiger partial charge in [0.2, 0.25) is 0 Å². The van der Waals surface area contributed by atoms with Gasteiger partial charge in [0.1, 0.15) is 5.58 Å². The lowest BCUT2D eigenvalue weighted by Crippen LogP contribution is -2.46. The van der Waals surface area contributed by atoms with E-state index in [4.69, 9.17) is 20.1 Å². The van der Waals surface area contributed by atoms with Crippen molar-refractivity contribution in [3.63, 3.8) is 0 Å². The van der Waals surface area contributed by atoms with Crippen molar-refractivity contribution < 1.29 is 21.8 Å². The highest BCUT2D eigenvalue weighted by Gasteiger charge is 2.18. The van der Waals surface area contributed by atoms with E-state index in [9.17, 15) is 13.2 Å². The standard InChI is InChI=1S/C26H31N5O5S/c1-37(33,34)36-24-15-22-20(14-21(24)27)17(16-29-22)4-2-3-7-30-8-10-31(11-9-30)19-5-6-23-18(12-19)13-25(35-23)26(28)32/h5-6,12-16,29H,2-4,7-11,27H2,1H3,(H2,28,32). The van der Waals surface area contributed by atoms with E-state index in [1.807, 2.05) is 24.4 Å². The van der Waals surface area contributed by atoms with Crippen LogP contribution in [0.2, 0.25) is 0 Å². The topological polar surface area (TPSA) is 148 Å². The minimum absolute atomic E-state index is 0.141. The summed E-state index contributed by atoms with van der Waals surface area (Å²) in [5.74, 6) is -0.241. The second-order valence-electron chi connectivity index (χ2n) is 9.52. The van der Waals surface area contributed by atoms with Gasteiger partial charge in [0.05, 0.1) is 11.9 Å². The summed E-state index contributed by atoms with van der Waals surface area (Å²) in [6.45, 7) is 4.89. The van der Waals surface area contributed by atoms with Gasteiger partial charge in [-0.3, -0.25) is 9.69 Å². The molecule has 37 heavy (non-hydrogen) atoms. The molecular weight excluding hydrogens is 494 g/mol. The Labute approximate surface area is 215 Å². The van der Waals surface area contributed by atoms with Crippen molar-refractivity contribution in [1.29, 1.82) is 0 Å².